The molecule has 0 heterocycles. The van der Waals surface area contributed by atoms with Gasteiger partial charge >= 0.3 is 0 Å². The van der Waals surface area contributed by atoms with Crippen LogP contribution in [0, 0.1) is 23.7 Å². The van der Waals surface area contributed by atoms with Crippen molar-refractivity contribution in [2.75, 3.05) is 0 Å². The Labute approximate surface area is 150 Å². The largest absolute Gasteiger partial charge is 0.0809 e. The molecule has 0 amide bonds. The average molecular weight is 355 g/mol. The number of hydrogen-bond donors (Lipinski definition) is 0. The average Bonchev–Trinajstić information content (AvgIpc) is 3.19. The van der Waals surface area contributed by atoms with Gasteiger partial charge in [-0.3, -0.25) is 0 Å². The highest BCUT2D eigenvalue weighted by molar-refractivity contribution is 7.41. The zero-order valence-electron chi connectivity index (χ0n) is 15.9. The SMILES string of the molecule is C[Si](C)(C1CCC2C=CC=CC21)[Si](C)(C)C1CCC2C=CC=CC21. The predicted molar refractivity (Wildman–Crippen MR) is 111 cm³/mol. The minimum Gasteiger partial charge on any atom is -0.0809 e. The molecule has 4 aliphatic rings. The lowest BCUT2D eigenvalue weighted by molar-refractivity contribution is 0.540. The third kappa shape index (κ3) is 2.44. The Hall–Kier alpha value is -0.606. The molecule has 2 fully saturated rings. The lowest BCUT2D eigenvalue weighted by atomic mass is 9.92. The Morgan fingerprint density at radius 2 is 0.917 bits per heavy atom. The van der Waals surface area contributed by atoms with Gasteiger partial charge in [0.25, 0.3) is 0 Å². The second-order valence-electron chi connectivity index (χ2n) is 9.83. The third-order valence-corrected chi connectivity index (χ3v) is 29.2. The summed E-state index contributed by atoms with van der Waals surface area (Å²) in [7, 11) is -2.50. The Morgan fingerprint density at radius 3 is 1.33 bits per heavy atom. The molecule has 24 heavy (non-hydrogen) atoms. The lowest BCUT2D eigenvalue weighted by Gasteiger charge is -2.50. The normalized spacial score (nSPS) is 40.8. The van der Waals surface area contributed by atoms with Gasteiger partial charge in [0.2, 0.25) is 0 Å². The van der Waals surface area contributed by atoms with Crippen molar-refractivity contribution in [3.8, 4) is 0 Å². The van der Waals surface area contributed by atoms with Gasteiger partial charge in [-0.05, 0) is 47.6 Å². The summed E-state index contributed by atoms with van der Waals surface area (Å²) >= 11 is 0. The van der Waals surface area contributed by atoms with Gasteiger partial charge in [-0.1, -0.05) is 87.6 Å². The highest BCUT2D eigenvalue weighted by Gasteiger charge is 2.57. The highest BCUT2D eigenvalue weighted by Crippen LogP contribution is 2.57. The van der Waals surface area contributed by atoms with E-state index < -0.39 is 15.2 Å². The minimum absolute atomic E-state index is 0.852. The molecule has 0 radical (unpaired) electrons. The lowest BCUT2D eigenvalue weighted by Crippen LogP contribution is -2.61. The minimum atomic E-state index is -1.25. The van der Waals surface area contributed by atoms with Crippen LogP contribution < -0.4 is 0 Å². The molecule has 4 aliphatic carbocycles. The van der Waals surface area contributed by atoms with E-state index in [0.29, 0.717) is 0 Å². The smallest absolute Gasteiger partial charge is 0.0452 e. The predicted octanol–water partition coefficient (Wildman–Crippen LogP) is 6.53. The quantitative estimate of drug-likeness (QED) is 0.506. The van der Waals surface area contributed by atoms with Crippen molar-refractivity contribution >= 4 is 15.2 Å². The summed E-state index contributed by atoms with van der Waals surface area (Å²) in [6, 6.07) is 0. The van der Waals surface area contributed by atoms with Crippen LogP contribution >= 0.6 is 0 Å². The fourth-order valence-electron chi connectivity index (χ4n) is 6.55. The Bertz CT molecular complexity index is 553. The molecule has 0 nitrogen and oxygen atoms in total. The van der Waals surface area contributed by atoms with Crippen molar-refractivity contribution < 1.29 is 0 Å². The molecule has 0 N–H and O–H groups in total. The van der Waals surface area contributed by atoms with E-state index in [-0.39, 0.29) is 0 Å². The van der Waals surface area contributed by atoms with E-state index in [4.69, 9.17) is 0 Å². The maximum atomic E-state index is 2.79. The first-order valence-corrected chi connectivity index (χ1v) is 17.3. The van der Waals surface area contributed by atoms with Crippen molar-refractivity contribution in [3.63, 3.8) is 0 Å². The number of rotatable bonds is 3. The van der Waals surface area contributed by atoms with Gasteiger partial charge in [0.05, 0.1) is 0 Å². The molecule has 0 aromatic rings. The van der Waals surface area contributed by atoms with Gasteiger partial charge in [0.1, 0.15) is 0 Å². The summed E-state index contributed by atoms with van der Waals surface area (Å²) in [5.41, 5.74) is 2.04. The first kappa shape index (κ1) is 16.8. The molecule has 0 bridgehead atoms. The van der Waals surface area contributed by atoms with Crippen LogP contribution in [0.2, 0.25) is 37.3 Å². The van der Waals surface area contributed by atoms with E-state index in [9.17, 15) is 0 Å². The van der Waals surface area contributed by atoms with Gasteiger partial charge in [0, 0.05) is 15.2 Å². The maximum absolute atomic E-state index is 2.79. The third-order valence-electron chi connectivity index (χ3n) is 8.66. The number of fused-ring (bicyclic) bond motifs is 2. The van der Waals surface area contributed by atoms with E-state index in [1.807, 2.05) is 0 Å². The van der Waals surface area contributed by atoms with Crippen LogP contribution in [0.1, 0.15) is 25.7 Å². The van der Waals surface area contributed by atoms with Crippen molar-refractivity contribution in [1.82, 2.24) is 0 Å². The highest BCUT2D eigenvalue weighted by atomic mass is 29.3. The topological polar surface area (TPSA) is 0 Å². The fourth-order valence-corrected chi connectivity index (χ4v) is 20.6. The molecule has 0 aliphatic heterocycles. The molecule has 2 heteroatoms. The molecule has 2 saturated carbocycles. The first-order valence-electron chi connectivity index (χ1n) is 10.1. The monoisotopic (exact) mass is 354 g/mol. The van der Waals surface area contributed by atoms with Crippen LogP contribution in [0.15, 0.2) is 48.6 Å². The second kappa shape index (κ2) is 5.98. The number of allylic oxidation sites excluding steroid dienone is 8. The second-order valence-corrected chi connectivity index (χ2v) is 25.9. The van der Waals surface area contributed by atoms with Crippen molar-refractivity contribution in [1.29, 1.82) is 0 Å². The molecule has 4 rings (SSSR count). The summed E-state index contributed by atoms with van der Waals surface area (Å²) in [4.78, 5) is 0. The van der Waals surface area contributed by atoms with E-state index in [1.165, 1.54) is 25.7 Å². The Morgan fingerprint density at radius 1 is 0.542 bits per heavy atom. The zero-order chi connectivity index (χ0) is 16.9. The van der Waals surface area contributed by atoms with Gasteiger partial charge in [-0.2, -0.15) is 0 Å². The molecular weight excluding hydrogens is 320 g/mol. The van der Waals surface area contributed by atoms with E-state index >= 15 is 0 Å². The molecule has 0 spiro atoms. The summed E-state index contributed by atoms with van der Waals surface area (Å²) in [6.45, 7) is 11.1. The van der Waals surface area contributed by atoms with Crippen molar-refractivity contribution in [2.24, 2.45) is 23.7 Å². The molecule has 0 aromatic carbocycles. The van der Waals surface area contributed by atoms with Crippen LogP contribution in [0.5, 0.6) is 0 Å². The zero-order valence-corrected chi connectivity index (χ0v) is 17.9. The number of hydrogen-bond acceptors (Lipinski definition) is 0. The standard InChI is InChI=1S/C22H34Si2/c1-23(2,21-15-13-17-9-5-7-11-19(17)21)24(3,4)22-16-14-18-10-6-8-12-20(18)22/h5-12,17-22H,13-16H2,1-4H3. The summed E-state index contributed by atoms with van der Waals surface area (Å²) < 4.78 is 0. The van der Waals surface area contributed by atoms with Crippen LogP contribution in [0.3, 0.4) is 0 Å². The van der Waals surface area contributed by atoms with Gasteiger partial charge in [0.15, 0.2) is 0 Å². The first-order chi connectivity index (χ1) is 11.4. The van der Waals surface area contributed by atoms with E-state index in [1.54, 1.807) is 0 Å². The van der Waals surface area contributed by atoms with Crippen LogP contribution in [-0.4, -0.2) is 15.2 Å². The molecule has 6 unspecified atom stereocenters. The maximum Gasteiger partial charge on any atom is 0.0452 e. The molecular formula is C22H34Si2. The molecule has 0 saturated heterocycles. The van der Waals surface area contributed by atoms with E-state index in [2.05, 4.69) is 74.8 Å². The van der Waals surface area contributed by atoms with Crippen LogP contribution in [0.25, 0.3) is 0 Å². The molecule has 6 atom stereocenters. The van der Waals surface area contributed by atoms with Crippen LogP contribution in [0.4, 0.5) is 0 Å². The molecule has 0 aromatic heterocycles. The van der Waals surface area contributed by atoms with Crippen molar-refractivity contribution in [2.45, 2.75) is 63.0 Å². The summed E-state index contributed by atoms with van der Waals surface area (Å²) in [5, 5.41) is 0. The van der Waals surface area contributed by atoms with Gasteiger partial charge in [-0.25, -0.2) is 0 Å². The van der Waals surface area contributed by atoms with Gasteiger partial charge < -0.3 is 0 Å². The van der Waals surface area contributed by atoms with Crippen molar-refractivity contribution in [3.05, 3.63) is 48.6 Å². The fraction of sp³-hybridized carbons (Fsp3) is 0.636. The Kier molecular flexibility index (Phi) is 4.20. The Balaban J connectivity index is 1.61. The summed E-state index contributed by atoms with van der Waals surface area (Å²) in [5.74, 6) is 3.43. The van der Waals surface area contributed by atoms with E-state index in [0.717, 1.165) is 34.8 Å². The summed E-state index contributed by atoms with van der Waals surface area (Å²) in [6.07, 6.45) is 25.3. The van der Waals surface area contributed by atoms with Gasteiger partial charge in [-0.15, -0.1) is 0 Å². The van der Waals surface area contributed by atoms with Crippen LogP contribution in [-0.2, 0) is 0 Å². The molecule has 130 valence electrons.